The molecule has 4 aromatic rings. The minimum atomic E-state index is -4.44. The summed E-state index contributed by atoms with van der Waals surface area (Å²) in [7, 11) is 0. The Morgan fingerprint density at radius 3 is 2.42 bits per heavy atom. The molecular weight excluding hydrogens is 437 g/mol. The highest BCUT2D eigenvalue weighted by Crippen LogP contribution is 2.30. The van der Waals surface area contributed by atoms with E-state index in [0.29, 0.717) is 5.56 Å². The van der Waals surface area contributed by atoms with Crippen molar-refractivity contribution >= 4 is 30.5 Å². The number of carbonyl (C=O) groups is 1. The van der Waals surface area contributed by atoms with E-state index in [1.54, 1.807) is 6.92 Å². The second-order valence-electron chi connectivity index (χ2n) is 6.49. The van der Waals surface area contributed by atoms with E-state index in [0.717, 1.165) is 23.0 Å². The Kier molecular flexibility index (Phi) is 5.63. The number of benzene rings is 1. The van der Waals surface area contributed by atoms with Gasteiger partial charge in [-0.1, -0.05) is 12.1 Å². The van der Waals surface area contributed by atoms with Gasteiger partial charge in [-0.3, -0.25) is 14.5 Å². The number of nitrogens with zero attached hydrogens (tertiary/aromatic N) is 5. The number of alkyl halides is 3. The van der Waals surface area contributed by atoms with E-state index in [9.17, 15) is 22.8 Å². The molecule has 0 saturated heterocycles. The molecule has 9 nitrogen and oxygen atoms in total. The van der Waals surface area contributed by atoms with Gasteiger partial charge in [0, 0.05) is 6.20 Å². The van der Waals surface area contributed by atoms with E-state index in [1.165, 1.54) is 29.2 Å². The first kappa shape index (κ1) is 22.1. The van der Waals surface area contributed by atoms with Crippen LogP contribution in [0.3, 0.4) is 0 Å². The summed E-state index contributed by atoms with van der Waals surface area (Å²) in [5.41, 5.74) is -0.540. The van der Waals surface area contributed by atoms with Crippen molar-refractivity contribution in [1.29, 1.82) is 0 Å². The van der Waals surface area contributed by atoms with Crippen molar-refractivity contribution in [3.63, 3.8) is 0 Å². The summed E-state index contributed by atoms with van der Waals surface area (Å²) in [5.74, 6) is -1.18. The zero-order chi connectivity index (χ0) is 21.6. The Labute approximate surface area is 178 Å². The van der Waals surface area contributed by atoms with Crippen molar-refractivity contribution in [2.75, 3.05) is 0 Å². The lowest BCUT2D eigenvalue weighted by molar-refractivity contribution is -0.137. The summed E-state index contributed by atoms with van der Waals surface area (Å²) >= 11 is 0. The van der Waals surface area contributed by atoms with E-state index >= 15 is 0 Å². The van der Waals surface area contributed by atoms with Crippen LogP contribution in [0.25, 0.3) is 17.0 Å². The van der Waals surface area contributed by atoms with Gasteiger partial charge in [0.25, 0.3) is 5.56 Å². The molecule has 13 heteroatoms. The van der Waals surface area contributed by atoms with Crippen molar-refractivity contribution in [3.8, 4) is 5.95 Å². The Morgan fingerprint density at radius 2 is 1.84 bits per heavy atom. The molecule has 0 aliphatic heterocycles. The van der Waals surface area contributed by atoms with Gasteiger partial charge in [-0.25, -0.2) is 14.5 Å². The van der Waals surface area contributed by atoms with E-state index < -0.39 is 29.3 Å². The van der Waals surface area contributed by atoms with Gasteiger partial charge in [0.05, 0.1) is 29.6 Å². The number of rotatable bonds is 4. The minimum Gasteiger partial charge on any atom is -0.478 e. The number of hydrogen-bond acceptors (Lipinski definition) is 5. The van der Waals surface area contributed by atoms with Gasteiger partial charge in [0.1, 0.15) is 5.52 Å². The number of carboxylic acid groups (broad SMARTS) is 1. The lowest BCUT2D eigenvalue weighted by Crippen LogP contribution is -2.19. The molecule has 4 rings (SSSR count). The number of aromatic amines is 1. The minimum absolute atomic E-state index is 0. The molecule has 0 radical (unpaired) electrons. The van der Waals surface area contributed by atoms with Crippen LogP contribution in [0.15, 0.2) is 47.7 Å². The monoisotopic (exact) mass is 452 g/mol. The van der Waals surface area contributed by atoms with E-state index in [-0.39, 0.29) is 36.0 Å². The van der Waals surface area contributed by atoms with E-state index in [4.69, 9.17) is 5.11 Å². The first-order chi connectivity index (χ1) is 14.1. The number of fused-ring (bicyclic) bond motifs is 1. The molecule has 1 aromatic carbocycles. The van der Waals surface area contributed by atoms with E-state index in [1.807, 2.05) is 0 Å². The first-order valence-corrected chi connectivity index (χ1v) is 8.58. The van der Waals surface area contributed by atoms with Crippen LogP contribution < -0.4 is 5.56 Å². The van der Waals surface area contributed by atoms with Crippen molar-refractivity contribution in [2.24, 2.45) is 0 Å². The van der Waals surface area contributed by atoms with Gasteiger partial charge in [0.2, 0.25) is 5.95 Å². The molecule has 0 fully saturated rings. The van der Waals surface area contributed by atoms with Crippen LogP contribution in [-0.4, -0.2) is 40.6 Å². The quantitative estimate of drug-likeness (QED) is 0.492. The highest BCUT2D eigenvalue weighted by Gasteiger charge is 2.30. The molecule has 31 heavy (non-hydrogen) atoms. The second-order valence-corrected chi connectivity index (χ2v) is 6.49. The maximum absolute atomic E-state index is 12.8. The van der Waals surface area contributed by atoms with Gasteiger partial charge in [-0.2, -0.15) is 36.9 Å². The molecule has 0 amide bonds. The molecule has 0 aliphatic carbocycles. The van der Waals surface area contributed by atoms with Crippen LogP contribution in [-0.2, 0) is 6.18 Å². The largest absolute Gasteiger partial charge is 0.478 e. The number of aromatic nitrogens is 6. The molecule has 0 bridgehead atoms. The topological polar surface area (TPSA) is 119 Å². The van der Waals surface area contributed by atoms with Crippen LogP contribution in [0, 0.1) is 0 Å². The van der Waals surface area contributed by atoms with Crippen molar-refractivity contribution < 1.29 is 23.1 Å². The van der Waals surface area contributed by atoms with Gasteiger partial charge in [-0.05, 0) is 24.6 Å². The summed E-state index contributed by atoms with van der Waals surface area (Å²) in [6, 6.07) is 4.05. The fourth-order valence-electron chi connectivity index (χ4n) is 3.00. The highest BCUT2D eigenvalue weighted by atomic mass is 32.1. The molecule has 162 valence electrons. The first-order valence-electron chi connectivity index (χ1n) is 8.58. The number of aromatic carboxylic acids is 1. The summed E-state index contributed by atoms with van der Waals surface area (Å²) < 4.78 is 40.8. The van der Waals surface area contributed by atoms with Gasteiger partial charge >= 0.3 is 12.1 Å². The van der Waals surface area contributed by atoms with Crippen molar-refractivity contribution in [3.05, 3.63) is 69.9 Å². The molecule has 3 aromatic heterocycles. The summed E-state index contributed by atoms with van der Waals surface area (Å²) in [6.45, 7) is 1.69. The molecule has 0 unspecified atom stereocenters. The number of halogens is 3. The molecular formula is C18H15F3N6O3S. The molecule has 2 N–H and O–H groups in total. The number of carboxylic acids is 1. The summed E-state index contributed by atoms with van der Waals surface area (Å²) in [4.78, 5) is 30.4. The van der Waals surface area contributed by atoms with Gasteiger partial charge in [0.15, 0.2) is 5.52 Å². The molecule has 0 spiro atoms. The third kappa shape index (κ3) is 4.03. The number of hydrogen-bond donors (Lipinski definition) is 2. The molecule has 0 saturated carbocycles. The molecule has 3 heterocycles. The van der Waals surface area contributed by atoms with Gasteiger partial charge < -0.3 is 5.11 Å². The maximum Gasteiger partial charge on any atom is 0.416 e. The molecule has 1 atom stereocenters. The number of H-pyrrole nitrogens is 1. The van der Waals surface area contributed by atoms with Crippen LogP contribution >= 0.6 is 13.5 Å². The predicted octanol–water partition coefficient (Wildman–Crippen LogP) is 2.74. The second kappa shape index (κ2) is 7.91. The maximum atomic E-state index is 12.8. The Hall–Kier alpha value is -3.61. The fourth-order valence-corrected chi connectivity index (χ4v) is 3.00. The number of nitrogens with one attached hydrogen (secondary N) is 1. The smallest absolute Gasteiger partial charge is 0.416 e. The lowest BCUT2D eigenvalue weighted by atomic mass is 10.1. The van der Waals surface area contributed by atoms with Crippen LogP contribution in [0.1, 0.15) is 34.5 Å². The Morgan fingerprint density at radius 1 is 1.16 bits per heavy atom. The van der Waals surface area contributed by atoms with Crippen molar-refractivity contribution in [1.82, 2.24) is 29.5 Å². The van der Waals surface area contributed by atoms with Crippen LogP contribution in [0.2, 0.25) is 0 Å². The lowest BCUT2D eigenvalue weighted by Gasteiger charge is -2.15. The summed E-state index contributed by atoms with van der Waals surface area (Å²) in [5, 5.41) is 17.0. The van der Waals surface area contributed by atoms with E-state index in [2.05, 4.69) is 20.2 Å². The predicted molar refractivity (Wildman–Crippen MR) is 108 cm³/mol. The normalized spacial score (nSPS) is 12.5. The van der Waals surface area contributed by atoms with Crippen molar-refractivity contribution in [2.45, 2.75) is 19.1 Å². The fraction of sp³-hybridized carbons (Fsp3) is 0.167. The SMILES string of the molecule is C[C@@H](c1ccc(C(F)(F)F)cc1)n1ncc2nc(-n3cc(C(=O)O)cn3)[nH]c(=O)c21.S. The van der Waals surface area contributed by atoms with Crippen LogP contribution in [0.4, 0.5) is 13.2 Å². The highest BCUT2D eigenvalue weighted by molar-refractivity contribution is 7.59. The average molecular weight is 452 g/mol. The molecule has 0 aliphatic rings. The average Bonchev–Trinajstić information content (AvgIpc) is 3.34. The summed E-state index contributed by atoms with van der Waals surface area (Å²) in [6.07, 6.45) is -0.786. The Bertz CT molecular complexity index is 1310. The third-order valence-electron chi connectivity index (χ3n) is 4.58. The van der Waals surface area contributed by atoms with Gasteiger partial charge in [-0.15, -0.1) is 0 Å². The standard InChI is InChI=1S/C18H13F3N6O3.H2S/c1-9(10-2-4-12(5-3-10)18(19,20)21)27-14-13(7-23-27)24-17(25-15(14)28)26-8-11(6-22-26)16(29)30;/h2-9H,1H3,(H,29,30)(H,24,25,28);1H2/t9-;/m0./s1. The zero-order valence-corrected chi connectivity index (χ0v) is 16.8. The third-order valence-corrected chi connectivity index (χ3v) is 4.58. The zero-order valence-electron chi connectivity index (χ0n) is 15.8. The Balaban J connectivity index is 0.00000272. The van der Waals surface area contributed by atoms with Crippen LogP contribution in [0.5, 0.6) is 0 Å².